The number of allylic oxidation sites excluding steroid dienone is 2. The number of thiophene rings is 1. The third kappa shape index (κ3) is 5.36. The number of hydrogen-bond acceptors (Lipinski definition) is 5. The van der Waals surface area contributed by atoms with Crippen molar-refractivity contribution in [3.05, 3.63) is 67.9 Å². The van der Waals surface area contributed by atoms with Crippen molar-refractivity contribution in [2.45, 2.75) is 71.4 Å². The minimum Gasteiger partial charge on any atom is -0.508 e. The van der Waals surface area contributed by atoms with Crippen LogP contribution in [0.15, 0.2) is 52.4 Å². The predicted molar refractivity (Wildman–Crippen MR) is 152 cm³/mol. The number of benzene rings is 1. The van der Waals surface area contributed by atoms with Gasteiger partial charge in [-0.1, -0.05) is 61.6 Å². The van der Waals surface area contributed by atoms with Crippen LogP contribution in [-0.2, 0) is 20.9 Å². The molecule has 1 aromatic carbocycles. The van der Waals surface area contributed by atoms with Gasteiger partial charge in [0.05, 0.1) is 36.1 Å². The van der Waals surface area contributed by atoms with Gasteiger partial charge in [0.25, 0.3) is 0 Å². The summed E-state index contributed by atoms with van der Waals surface area (Å²) < 4.78 is 6.40. The Kier molecular flexibility index (Phi) is 8.41. The maximum atomic E-state index is 13.6. The van der Waals surface area contributed by atoms with Crippen molar-refractivity contribution < 1.29 is 19.4 Å². The number of aromatic hydroxyl groups is 1. The Hall–Kier alpha value is -2.41. The van der Waals surface area contributed by atoms with E-state index in [1.165, 1.54) is 21.6 Å². The van der Waals surface area contributed by atoms with Crippen molar-refractivity contribution in [1.82, 2.24) is 4.90 Å². The van der Waals surface area contributed by atoms with Gasteiger partial charge in [-0.05, 0) is 72.9 Å². The van der Waals surface area contributed by atoms with Crippen molar-refractivity contribution in [3.8, 4) is 5.75 Å². The molecular formula is C31H36ClNO4S. The maximum Gasteiger partial charge on any atom is 0.234 e. The number of likely N-dealkylation sites (tertiary alicyclic amines) is 1. The Morgan fingerprint density at radius 1 is 1.16 bits per heavy atom. The summed E-state index contributed by atoms with van der Waals surface area (Å²) in [6.45, 7) is 5.23. The van der Waals surface area contributed by atoms with Gasteiger partial charge >= 0.3 is 0 Å². The van der Waals surface area contributed by atoms with Crippen molar-refractivity contribution in [2.75, 3.05) is 6.61 Å². The van der Waals surface area contributed by atoms with E-state index in [9.17, 15) is 14.7 Å². The number of amides is 2. The number of halogens is 1. The van der Waals surface area contributed by atoms with Gasteiger partial charge in [0, 0.05) is 10.8 Å². The fourth-order valence-electron chi connectivity index (χ4n) is 6.55. The minimum atomic E-state index is -0.301. The lowest BCUT2D eigenvalue weighted by atomic mass is 9.68. The molecular weight excluding hydrogens is 518 g/mol. The van der Waals surface area contributed by atoms with Gasteiger partial charge in [0.2, 0.25) is 11.8 Å². The SMILES string of the molecule is CCCC1=C2[C@@H](CC/C(=C/c3ccc(O)cc3Cl)CCC)OC[C@@H]2[C@@H]2C(=O)N(Cc3cccs3)C(=O)[C@@H]2C1. The molecule has 0 saturated carbocycles. The number of rotatable bonds is 10. The molecule has 2 aliphatic heterocycles. The summed E-state index contributed by atoms with van der Waals surface area (Å²) in [5.74, 6) is -0.436. The Morgan fingerprint density at radius 3 is 2.71 bits per heavy atom. The molecule has 38 heavy (non-hydrogen) atoms. The van der Waals surface area contributed by atoms with E-state index >= 15 is 0 Å². The predicted octanol–water partition coefficient (Wildman–Crippen LogP) is 7.39. The van der Waals surface area contributed by atoms with Crippen LogP contribution >= 0.6 is 22.9 Å². The lowest BCUT2D eigenvalue weighted by Gasteiger charge is -2.32. The highest BCUT2D eigenvalue weighted by Gasteiger charge is 2.56. The molecule has 4 atom stereocenters. The van der Waals surface area contributed by atoms with Gasteiger partial charge in [-0.3, -0.25) is 14.5 Å². The lowest BCUT2D eigenvalue weighted by molar-refractivity contribution is -0.140. The normalized spacial score (nSPS) is 25.3. The number of hydrogen-bond donors (Lipinski definition) is 1. The molecule has 0 radical (unpaired) electrons. The van der Waals surface area contributed by atoms with Crippen molar-refractivity contribution in [3.63, 3.8) is 0 Å². The standard InChI is InChI=1S/C31H36ClNO4S/c1-3-6-19(14-20-10-11-22(34)16-26(20)32)9-12-27-28-21(7-4-2)15-24-29(25(28)18-37-27)31(36)33(30(24)35)17-23-8-5-13-38-23/h5,8,10-11,13-14,16,24-25,27,29,34H,3-4,6-7,9,12,15,17-18H2,1-2H3/b19-14+/t24-,25+,27-,29-/m1/s1. The van der Waals surface area contributed by atoms with E-state index in [1.807, 2.05) is 23.6 Å². The first kappa shape index (κ1) is 27.2. The van der Waals surface area contributed by atoms with E-state index in [0.29, 0.717) is 24.6 Å². The van der Waals surface area contributed by atoms with Gasteiger partial charge in [-0.2, -0.15) is 0 Å². The number of carbonyl (C=O) groups is 2. The van der Waals surface area contributed by atoms with Crippen LogP contribution in [0.4, 0.5) is 0 Å². The zero-order chi connectivity index (χ0) is 26.8. The zero-order valence-corrected chi connectivity index (χ0v) is 23.7. The van der Waals surface area contributed by atoms with Crippen molar-refractivity contribution in [2.24, 2.45) is 17.8 Å². The summed E-state index contributed by atoms with van der Waals surface area (Å²) in [5.41, 5.74) is 4.84. The molecule has 0 spiro atoms. The number of carbonyl (C=O) groups excluding carboxylic acids is 2. The van der Waals surface area contributed by atoms with Crippen LogP contribution < -0.4 is 0 Å². The second-order valence-corrected chi connectivity index (χ2v) is 12.2. The molecule has 2 fully saturated rings. The van der Waals surface area contributed by atoms with Crippen molar-refractivity contribution >= 4 is 40.8 Å². The molecule has 3 aliphatic rings. The van der Waals surface area contributed by atoms with E-state index in [2.05, 4.69) is 19.9 Å². The molecule has 0 unspecified atom stereocenters. The Morgan fingerprint density at radius 2 is 2.00 bits per heavy atom. The summed E-state index contributed by atoms with van der Waals surface area (Å²) in [6.07, 6.45) is 8.46. The highest BCUT2D eigenvalue weighted by atomic mass is 35.5. The molecule has 2 amide bonds. The molecule has 202 valence electrons. The van der Waals surface area contributed by atoms with E-state index < -0.39 is 0 Å². The van der Waals surface area contributed by atoms with Crippen LogP contribution in [-0.4, -0.2) is 34.5 Å². The fraction of sp³-hybridized carbons (Fsp3) is 0.484. The van der Waals surface area contributed by atoms with Crippen LogP contribution in [0.5, 0.6) is 5.75 Å². The summed E-state index contributed by atoms with van der Waals surface area (Å²) in [7, 11) is 0. The summed E-state index contributed by atoms with van der Waals surface area (Å²) >= 11 is 7.96. The minimum absolute atomic E-state index is 0.00441. The first-order valence-electron chi connectivity index (χ1n) is 13.8. The monoisotopic (exact) mass is 553 g/mol. The number of ether oxygens (including phenoxy) is 1. The van der Waals surface area contributed by atoms with E-state index in [4.69, 9.17) is 16.3 Å². The molecule has 2 saturated heterocycles. The number of phenols is 1. The molecule has 3 heterocycles. The average Bonchev–Trinajstić information content (AvgIpc) is 3.61. The highest BCUT2D eigenvalue weighted by molar-refractivity contribution is 7.09. The molecule has 1 aromatic heterocycles. The quantitative estimate of drug-likeness (QED) is 0.246. The number of phenolic OH excluding ortho intramolecular Hbond substituents is 1. The molecule has 5 rings (SSSR count). The number of nitrogens with zero attached hydrogens (tertiary/aromatic N) is 1. The fourth-order valence-corrected chi connectivity index (χ4v) is 7.47. The molecule has 2 aromatic rings. The van der Waals surface area contributed by atoms with Crippen LogP contribution in [0, 0.1) is 17.8 Å². The van der Waals surface area contributed by atoms with Gasteiger partial charge in [0.15, 0.2) is 0 Å². The maximum absolute atomic E-state index is 13.6. The first-order chi connectivity index (χ1) is 18.4. The third-order valence-corrected chi connectivity index (χ3v) is 9.38. The Bertz CT molecular complexity index is 1250. The molecule has 1 N–H and O–H groups in total. The van der Waals surface area contributed by atoms with Gasteiger partial charge in [-0.15, -0.1) is 11.3 Å². The van der Waals surface area contributed by atoms with Gasteiger partial charge in [-0.25, -0.2) is 0 Å². The van der Waals surface area contributed by atoms with Crippen LogP contribution in [0.2, 0.25) is 5.02 Å². The van der Waals surface area contributed by atoms with Gasteiger partial charge < -0.3 is 9.84 Å². The second kappa shape index (κ2) is 11.8. The molecule has 1 aliphatic carbocycles. The molecule has 7 heteroatoms. The Balaban J connectivity index is 1.36. The van der Waals surface area contributed by atoms with E-state index in [1.54, 1.807) is 23.5 Å². The largest absolute Gasteiger partial charge is 0.508 e. The van der Waals surface area contributed by atoms with Crippen LogP contribution in [0.3, 0.4) is 0 Å². The third-order valence-electron chi connectivity index (χ3n) is 8.19. The number of imide groups is 1. The van der Waals surface area contributed by atoms with Crippen LogP contribution in [0.1, 0.15) is 69.2 Å². The summed E-state index contributed by atoms with van der Waals surface area (Å²) in [6, 6.07) is 9.03. The highest BCUT2D eigenvalue weighted by Crippen LogP contribution is 2.51. The average molecular weight is 554 g/mol. The van der Waals surface area contributed by atoms with Crippen molar-refractivity contribution in [1.29, 1.82) is 0 Å². The summed E-state index contributed by atoms with van der Waals surface area (Å²) in [4.78, 5) is 29.6. The van der Waals surface area contributed by atoms with Crippen LogP contribution in [0.25, 0.3) is 6.08 Å². The Labute approximate surface area is 234 Å². The topological polar surface area (TPSA) is 66.8 Å². The smallest absolute Gasteiger partial charge is 0.234 e. The van der Waals surface area contributed by atoms with E-state index in [-0.39, 0.29) is 41.4 Å². The summed E-state index contributed by atoms with van der Waals surface area (Å²) in [5, 5.41) is 12.2. The first-order valence-corrected chi connectivity index (χ1v) is 15.1. The second-order valence-electron chi connectivity index (χ2n) is 10.7. The van der Waals surface area contributed by atoms with Gasteiger partial charge in [0.1, 0.15) is 5.75 Å². The lowest BCUT2D eigenvalue weighted by Crippen LogP contribution is -2.34. The van der Waals surface area contributed by atoms with E-state index in [0.717, 1.165) is 49.0 Å². The number of fused-ring (bicyclic) bond motifs is 3. The zero-order valence-electron chi connectivity index (χ0n) is 22.1. The molecule has 5 nitrogen and oxygen atoms in total. The molecule has 0 bridgehead atoms.